The fraction of sp³-hybridized carbons (Fsp3) is 0.0227. The summed E-state index contributed by atoms with van der Waals surface area (Å²) in [6, 6.07) is 62.1. The van der Waals surface area contributed by atoms with E-state index in [0.717, 1.165) is 21.8 Å². The van der Waals surface area contributed by atoms with Crippen molar-refractivity contribution in [2.75, 3.05) is 0 Å². The van der Waals surface area contributed by atoms with Gasteiger partial charge in [0.05, 0.1) is 26.7 Å². The second-order valence-corrected chi connectivity index (χ2v) is 13.4. The Hall–Kier alpha value is -5.77. The molecule has 47 heavy (non-hydrogen) atoms. The monoisotopic (exact) mass is 616 g/mol. The second kappa shape index (κ2) is 10.1. The second-order valence-electron chi connectivity index (χ2n) is 12.3. The van der Waals surface area contributed by atoms with E-state index in [1.807, 2.05) is 0 Å². The summed E-state index contributed by atoms with van der Waals surface area (Å²) in [4.78, 5) is 4.91. The molecule has 0 aliphatic heterocycles. The summed E-state index contributed by atoms with van der Waals surface area (Å²) >= 11 is 1.74. The molecule has 0 spiro atoms. The Kier molecular flexibility index (Phi) is 5.69. The molecule has 0 bridgehead atoms. The van der Waals surface area contributed by atoms with Crippen molar-refractivity contribution in [1.82, 2.24) is 9.55 Å². The van der Waals surface area contributed by atoms with Crippen LogP contribution in [0.4, 0.5) is 0 Å². The molecule has 0 saturated carbocycles. The molecule has 0 saturated heterocycles. The first-order valence-electron chi connectivity index (χ1n) is 16.1. The summed E-state index contributed by atoms with van der Waals surface area (Å²) in [5, 5.41) is 3.57. The first-order valence-corrected chi connectivity index (χ1v) is 16.9. The minimum Gasteiger partial charge on any atom is -0.309 e. The van der Waals surface area contributed by atoms with Gasteiger partial charge in [-0.15, -0.1) is 11.3 Å². The third-order valence-electron chi connectivity index (χ3n) is 9.92. The van der Waals surface area contributed by atoms with Gasteiger partial charge in [-0.3, -0.25) is 0 Å². The van der Waals surface area contributed by atoms with Crippen LogP contribution in [0, 0.1) is 0 Å². The number of hydrogen-bond donors (Lipinski definition) is 0. The number of thiazole rings is 1. The first kappa shape index (κ1) is 26.4. The van der Waals surface area contributed by atoms with E-state index in [9.17, 15) is 0 Å². The van der Waals surface area contributed by atoms with Crippen molar-refractivity contribution in [3.05, 3.63) is 192 Å². The van der Waals surface area contributed by atoms with Crippen LogP contribution in [0.2, 0.25) is 0 Å². The summed E-state index contributed by atoms with van der Waals surface area (Å²) in [5.41, 5.74) is 13.1. The van der Waals surface area contributed by atoms with Crippen LogP contribution in [0.15, 0.2) is 170 Å². The van der Waals surface area contributed by atoms with Gasteiger partial charge < -0.3 is 4.57 Å². The Labute approximate surface area is 276 Å². The molecule has 2 nitrogen and oxygen atoms in total. The van der Waals surface area contributed by atoms with Crippen LogP contribution in [0.1, 0.15) is 22.3 Å². The zero-order valence-electron chi connectivity index (χ0n) is 25.5. The van der Waals surface area contributed by atoms with E-state index < -0.39 is 5.41 Å². The van der Waals surface area contributed by atoms with Crippen molar-refractivity contribution in [3.8, 4) is 27.4 Å². The molecule has 7 aromatic carbocycles. The average Bonchev–Trinajstić information content (AvgIpc) is 3.81. The molecule has 1 aliphatic rings. The highest BCUT2D eigenvalue weighted by molar-refractivity contribution is 7.21. The normalized spacial score (nSPS) is 13.3. The summed E-state index contributed by atoms with van der Waals surface area (Å²) in [7, 11) is 0. The predicted molar refractivity (Wildman–Crippen MR) is 197 cm³/mol. The molecular formula is C44H28N2S. The summed E-state index contributed by atoms with van der Waals surface area (Å²) in [6.07, 6.45) is 0. The van der Waals surface area contributed by atoms with E-state index in [1.54, 1.807) is 11.3 Å². The standard InChI is InChI=1S/C44H28N2S/c1-3-13-30(14-4-1)44(31-15-5-2-6-16-31)37-19-9-7-17-33(37)35-28-41-36(27-38(35)44)34-18-8-11-21-40(34)46(41)32-25-23-29(24-26-32)43-45-39-20-10-12-22-42(39)47-43/h1-28H. The van der Waals surface area contributed by atoms with Crippen molar-refractivity contribution in [2.45, 2.75) is 5.41 Å². The van der Waals surface area contributed by atoms with Gasteiger partial charge in [0.15, 0.2) is 0 Å². The van der Waals surface area contributed by atoms with Crippen molar-refractivity contribution in [1.29, 1.82) is 0 Å². The molecule has 0 amide bonds. The molecule has 0 radical (unpaired) electrons. The Morgan fingerprint density at radius 2 is 1.15 bits per heavy atom. The summed E-state index contributed by atoms with van der Waals surface area (Å²) in [5.74, 6) is 0. The fourth-order valence-electron chi connectivity index (χ4n) is 7.93. The zero-order valence-corrected chi connectivity index (χ0v) is 26.3. The highest BCUT2D eigenvalue weighted by atomic mass is 32.1. The number of para-hydroxylation sites is 2. The summed E-state index contributed by atoms with van der Waals surface area (Å²) < 4.78 is 3.64. The van der Waals surface area contributed by atoms with Gasteiger partial charge in [-0.2, -0.15) is 0 Å². The molecule has 2 aromatic heterocycles. The number of hydrogen-bond acceptors (Lipinski definition) is 2. The molecule has 10 rings (SSSR count). The van der Waals surface area contributed by atoms with Gasteiger partial charge in [-0.1, -0.05) is 115 Å². The highest BCUT2D eigenvalue weighted by Crippen LogP contribution is 2.57. The van der Waals surface area contributed by atoms with E-state index in [-0.39, 0.29) is 0 Å². The number of aromatic nitrogens is 2. The Morgan fingerprint density at radius 3 is 1.91 bits per heavy atom. The van der Waals surface area contributed by atoms with Gasteiger partial charge in [0.1, 0.15) is 5.01 Å². The average molecular weight is 617 g/mol. The van der Waals surface area contributed by atoms with Crippen LogP contribution in [0.3, 0.4) is 0 Å². The van der Waals surface area contributed by atoms with Crippen LogP contribution >= 0.6 is 11.3 Å². The van der Waals surface area contributed by atoms with Crippen molar-refractivity contribution in [3.63, 3.8) is 0 Å². The molecule has 0 fully saturated rings. The van der Waals surface area contributed by atoms with Crippen molar-refractivity contribution < 1.29 is 0 Å². The number of nitrogens with zero attached hydrogens (tertiary/aromatic N) is 2. The first-order chi connectivity index (χ1) is 23.3. The number of rotatable bonds is 4. The third-order valence-corrected chi connectivity index (χ3v) is 11.0. The molecule has 1 aliphatic carbocycles. The van der Waals surface area contributed by atoms with Gasteiger partial charge >= 0.3 is 0 Å². The van der Waals surface area contributed by atoms with E-state index in [0.29, 0.717) is 0 Å². The fourth-order valence-corrected chi connectivity index (χ4v) is 8.90. The lowest BCUT2D eigenvalue weighted by Gasteiger charge is -2.33. The predicted octanol–water partition coefficient (Wildman–Crippen LogP) is 11.4. The van der Waals surface area contributed by atoms with Crippen LogP contribution in [0.5, 0.6) is 0 Å². The van der Waals surface area contributed by atoms with E-state index in [4.69, 9.17) is 4.98 Å². The van der Waals surface area contributed by atoms with E-state index in [2.05, 4.69) is 174 Å². The highest BCUT2D eigenvalue weighted by Gasteiger charge is 2.46. The lowest BCUT2D eigenvalue weighted by molar-refractivity contribution is 0.769. The van der Waals surface area contributed by atoms with Crippen LogP contribution < -0.4 is 0 Å². The topological polar surface area (TPSA) is 17.8 Å². The van der Waals surface area contributed by atoms with Crippen LogP contribution in [-0.4, -0.2) is 9.55 Å². The van der Waals surface area contributed by atoms with Crippen molar-refractivity contribution in [2.24, 2.45) is 0 Å². The quantitative estimate of drug-likeness (QED) is 0.192. The molecule has 2 heterocycles. The maximum atomic E-state index is 4.91. The molecular weight excluding hydrogens is 589 g/mol. The minimum atomic E-state index is -0.426. The summed E-state index contributed by atoms with van der Waals surface area (Å²) in [6.45, 7) is 0. The lowest BCUT2D eigenvalue weighted by atomic mass is 9.67. The molecule has 220 valence electrons. The van der Waals surface area contributed by atoms with Gasteiger partial charge in [0.25, 0.3) is 0 Å². The number of fused-ring (bicyclic) bond motifs is 7. The molecule has 3 heteroatoms. The maximum Gasteiger partial charge on any atom is 0.124 e. The maximum absolute atomic E-state index is 4.91. The Bertz CT molecular complexity index is 2540. The van der Waals surface area contributed by atoms with Gasteiger partial charge in [-0.25, -0.2) is 4.98 Å². The van der Waals surface area contributed by atoms with Gasteiger partial charge in [-0.05, 0) is 88.0 Å². The molecule has 0 atom stereocenters. The van der Waals surface area contributed by atoms with Gasteiger partial charge in [0.2, 0.25) is 0 Å². The minimum absolute atomic E-state index is 0.426. The number of benzene rings is 7. The molecule has 9 aromatic rings. The lowest BCUT2D eigenvalue weighted by Crippen LogP contribution is -2.28. The Morgan fingerprint density at radius 1 is 0.489 bits per heavy atom. The smallest absolute Gasteiger partial charge is 0.124 e. The van der Waals surface area contributed by atoms with Gasteiger partial charge in [0, 0.05) is 22.0 Å². The van der Waals surface area contributed by atoms with E-state index >= 15 is 0 Å². The molecule has 0 N–H and O–H groups in total. The van der Waals surface area contributed by atoms with Crippen molar-refractivity contribution >= 4 is 43.4 Å². The van der Waals surface area contributed by atoms with E-state index in [1.165, 1.54) is 59.9 Å². The van der Waals surface area contributed by atoms with Crippen LogP contribution in [0.25, 0.3) is 59.4 Å². The third kappa shape index (κ3) is 3.75. The zero-order chi connectivity index (χ0) is 31.0. The SMILES string of the molecule is c1ccc(C2(c3ccccc3)c3ccccc3-c3cc4c(cc32)c2ccccc2n4-c2ccc(-c3nc4ccccc4s3)cc2)cc1. The Balaban J connectivity index is 1.24. The largest absolute Gasteiger partial charge is 0.309 e. The van der Waals surface area contributed by atoms with Crippen LogP contribution in [-0.2, 0) is 5.41 Å². The molecule has 0 unspecified atom stereocenters.